The third-order valence-electron chi connectivity index (χ3n) is 5.35. The standard InChI is InChI=1S/C22H26N2O3/c1-27-19-9-7-17(8-10-19)20(16-5-3-2-4-6-16)15-21(25)24-13-11-18(12-14-24)22(23)26/h2-10,18,20H,11-15H2,1H3,(H2,23,26). The van der Waals surface area contributed by atoms with Gasteiger partial charge < -0.3 is 15.4 Å². The monoisotopic (exact) mass is 366 g/mol. The molecule has 1 fully saturated rings. The van der Waals surface area contributed by atoms with Gasteiger partial charge in [-0.05, 0) is 36.1 Å². The second-order valence-corrected chi connectivity index (χ2v) is 7.00. The molecule has 1 unspecified atom stereocenters. The van der Waals surface area contributed by atoms with E-state index in [4.69, 9.17) is 10.5 Å². The van der Waals surface area contributed by atoms with E-state index in [2.05, 4.69) is 12.1 Å². The third kappa shape index (κ3) is 4.67. The van der Waals surface area contributed by atoms with Gasteiger partial charge in [0.05, 0.1) is 7.11 Å². The van der Waals surface area contributed by atoms with Gasteiger partial charge in [-0.2, -0.15) is 0 Å². The lowest BCUT2D eigenvalue weighted by atomic mass is 9.87. The second-order valence-electron chi connectivity index (χ2n) is 7.00. The van der Waals surface area contributed by atoms with E-state index >= 15 is 0 Å². The largest absolute Gasteiger partial charge is 0.497 e. The summed E-state index contributed by atoms with van der Waals surface area (Å²) in [6.07, 6.45) is 1.71. The molecule has 0 bridgehead atoms. The highest BCUT2D eigenvalue weighted by atomic mass is 16.5. The maximum atomic E-state index is 12.9. The number of carbonyl (C=O) groups excluding carboxylic acids is 2. The zero-order chi connectivity index (χ0) is 19.2. The predicted octanol–water partition coefficient (Wildman–Crippen LogP) is 2.94. The molecule has 0 radical (unpaired) electrons. The molecule has 0 spiro atoms. The number of piperidine rings is 1. The van der Waals surface area contributed by atoms with Crippen molar-refractivity contribution in [2.45, 2.75) is 25.2 Å². The summed E-state index contributed by atoms with van der Waals surface area (Å²) >= 11 is 0. The van der Waals surface area contributed by atoms with E-state index in [-0.39, 0.29) is 23.7 Å². The van der Waals surface area contributed by atoms with Gasteiger partial charge in [0.15, 0.2) is 0 Å². The molecule has 5 heteroatoms. The van der Waals surface area contributed by atoms with Gasteiger partial charge in [0, 0.05) is 31.3 Å². The number of rotatable bonds is 6. The summed E-state index contributed by atoms with van der Waals surface area (Å²) in [5, 5.41) is 0. The molecule has 1 aliphatic rings. The maximum Gasteiger partial charge on any atom is 0.223 e. The molecule has 2 aromatic carbocycles. The van der Waals surface area contributed by atoms with Crippen LogP contribution in [0.25, 0.3) is 0 Å². The molecule has 2 N–H and O–H groups in total. The van der Waals surface area contributed by atoms with Crippen LogP contribution in [0.1, 0.15) is 36.3 Å². The summed E-state index contributed by atoms with van der Waals surface area (Å²) in [5.41, 5.74) is 7.59. The first-order valence-electron chi connectivity index (χ1n) is 9.34. The lowest BCUT2D eigenvalue weighted by Crippen LogP contribution is -2.42. The van der Waals surface area contributed by atoms with E-state index in [1.807, 2.05) is 47.4 Å². The van der Waals surface area contributed by atoms with Crippen LogP contribution >= 0.6 is 0 Å². The molecule has 2 amide bonds. The highest BCUT2D eigenvalue weighted by Gasteiger charge is 2.28. The minimum Gasteiger partial charge on any atom is -0.497 e. The molecule has 0 aliphatic carbocycles. The van der Waals surface area contributed by atoms with Gasteiger partial charge in [-0.1, -0.05) is 42.5 Å². The summed E-state index contributed by atoms with van der Waals surface area (Å²) in [5.74, 6) is 0.523. The van der Waals surface area contributed by atoms with Gasteiger partial charge in [-0.15, -0.1) is 0 Å². The SMILES string of the molecule is COc1ccc(C(CC(=O)N2CCC(C(N)=O)CC2)c2ccccc2)cc1. The predicted molar refractivity (Wildman–Crippen MR) is 104 cm³/mol. The molecular weight excluding hydrogens is 340 g/mol. The summed E-state index contributed by atoms with van der Waals surface area (Å²) in [4.78, 5) is 26.1. The molecule has 1 heterocycles. The number of nitrogens with zero attached hydrogens (tertiary/aromatic N) is 1. The lowest BCUT2D eigenvalue weighted by Gasteiger charge is -2.32. The van der Waals surface area contributed by atoms with Gasteiger partial charge in [0.25, 0.3) is 0 Å². The number of nitrogens with two attached hydrogens (primary N) is 1. The van der Waals surface area contributed by atoms with Crippen LogP contribution in [0, 0.1) is 5.92 Å². The normalized spacial score (nSPS) is 16.0. The fraction of sp³-hybridized carbons (Fsp3) is 0.364. The van der Waals surface area contributed by atoms with E-state index in [0.717, 1.165) is 16.9 Å². The van der Waals surface area contributed by atoms with Crippen LogP contribution in [0.2, 0.25) is 0 Å². The van der Waals surface area contributed by atoms with Crippen molar-refractivity contribution in [2.75, 3.05) is 20.2 Å². The highest BCUT2D eigenvalue weighted by molar-refractivity contribution is 5.79. The Morgan fingerprint density at radius 3 is 2.19 bits per heavy atom. The van der Waals surface area contributed by atoms with Crippen LogP contribution in [0.4, 0.5) is 0 Å². The Bertz CT molecular complexity index is 766. The average molecular weight is 366 g/mol. The first-order valence-corrected chi connectivity index (χ1v) is 9.34. The van der Waals surface area contributed by atoms with E-state index < -0.39 is 0 Å². The zero-order valence-electron chi connectivity index (χ0n) is 15.6. The molecule has 27 heavy (non-hydrogen) atoms. The first kappa shape index (κ1) is 19.0. The van der Waals surface area contributed by atoms with Crippen LogP contribution in [0.3, 0.4) is 0 Å². The van der Waals surface area contributed by atoms with Gasteiger partial charge in [-0.3, -0.25) is 9.59 Å². The van der Waals surface area contributed by atoms with Crippen molar-refractivity contribution >= 4 is 11.8 Å². The summed E-state index contributed by atoms with van der Waals surface area (Å²) in [7, 11) is 1.64. The third-order valence-corrected chi connectivity index (χ3v) is 5.35. The zero-order valence-corrected chi connectivity index (χ0v) is 15.6. The number of amides is 2. The van der Waals surface area contributed by atoms with Crippen LogP contribution in [0.15, 0.2) is 54.6 Å². The Balaban J connectivity index is 1.75. The Kier molecular flexibility index (Phi) is 6.12. The fourth-order valence-electron chi connectivity index (χ4n) is 3.67. The minimum absolute atomic E-state index is 0.0153. The van der Waals surface area contributed by atoms with Crippen LogP contribution in [-0.4, -0.2) is 36.9 Å². The van der Waals surface area contributed by atoms with Crippen molar-refractivity contribution < 1.29 is 14.3 Å². The van der Waals surface area contributed by atoms with E-state index in [9.17, 15) is 9.59 Å². The molecule has 142 valence electrons. The molecule has 1 saturated heterocycles. The van der Waals surface area contributed by atoms with Gasteiger partial charge in [0.1, 0.15) is 5.75 Å². The van der Waals surface area contributed by atoms with Crippen LogP contribution < -0.4 is 10.5 Å². The average Bonchev–Trinajstić information content (AvgIpc) is 2.72. The number of hydrogen-bond donors (Lipinski definition) is 1. The first-order chi connectivity index (χ1) is 13.1. The van der Waals surface area contributed by atoms with Crippen LogP contribution in [0.5, 0.6) is 5.75 Å². The summed E-state index contributed by atoms with van der Waals surface area (Å²) in [6, 6.07) is 18.0. The smallest absolute Gasteiger partial charge is 0.223 e. The minimum atomic E-state index is -0.262. The number of benzene rings is 2. The quantitative estimate of drug-likeness (QED) is 0.854. The fourth-order valence-corrected chi connectivity index (χ4v) is 3.67. The maximum absolute atomic E-state index is 12.9. The number of ether oxygens (including phenoxy) is 1. The van der Waals surface area contributed by atoms with E-state index in [1.165, 1.54) is 0 Å². The van der Waals surface area contributed by atoms with Crippen molar-refractivity contribution in [1.82, 2.24) is 4.90 Å². The highest BCUT2D eigenvalue weighted by Crippen LogP contribution is 2.30. The molecule has 2 aromatic rings. The van der Waals surface area contributed by atoms with Crippen molar-refractivity contribution in [1.29, 1.82) is 0 Å². The Hall–Kier alpha value is -2.82. The Labute approximate surface area is 160 Å². The Morgan fingerprint density at radius 2 is 1.63 bits per heavy atom. The second kappa shape index (κ2) is 8.71. The molecule has 0 aromatic heterocycles. The van der Waals surface area contributed by atoms with Crippen molar-refractivity contribution in [3.63, 3.8) is 0 Å². The van der Waals surface area contributed by atoms with E-state index in [0.29, 0.717) is 32.4 Å². The topological polar surface area (TPSA) is 72.6 Å². The molecule has 0 saturated carbocycles. The lowest BCUT2D eigenvalue weighted by molar-refractivity contribution is -0.135. The van der Waals surface area contributed by atoms with Gasteiger partial charge in [0.2, 0.25) is 11.8 Å². The van der Waals surface area contributed by atoms with Crippen LogP contribution in [-0.2, 0) is 9.59 Å². The molecular formula is C22H26N2O3. The number of methoxy groups -OCH3 is 1. The molecule has 1 aliphatic heterocycles. The summed E-state index contributed by atoms with van der Waals surface area (Å²) < 4.78 is 5.25. The van der Waals surface area contributed by atoms with Gasteiger partial charge in [-0.25, -0.2) is 0 Å². The summed E-state index contributed by atoms with van der Waals surface area (Å²) in [6.45, 7) is 1.19. The van der Waals surface area contributed by atoms with Crippen molar-refractivity contribution in [2.24, 2.45) is 11.7 Å². The number of carbonyl (C=O) groups is 2. The van der Waals surface area contributed by atoms with Crippen molar-refractivity contribution in [3.05, 3.63) is 65.7 Å². The van der Waals surface area contributed by atoms with Crippen molar-refractivity contribution in [3.8, 4) is 5.75 Å². The molecule has 5 nitrogen and oxygen atoms in total. The Morgan fingerprint density at radius 1 is 1.04 bits per heavy atom. The number of primary amides is 1. The van der Waals surface area contributed by atoms with E-state index in [1.54, 1.807) is 7.11 Å². The number of hydrogen-bond acceptors (Lipinski definition) is 3. The molecule has 3 rings (SSSR count). The number of likely N-dealkylation sites (tertiary alicyclic amines) is 1. The van der Waals surface area contributed by atoms with Gasteiger partial charge >= 0.3 is 0 Å². The molecule has 1 atom stereocenters.